The number of ether oxygens (including phenoxy) is 2. The van der Waals surface area contributed by atoms with Crippen molar-refractivity contribution < 1.29 is 14.6 Å². The first-order valence-corrected chi connectivity index (χ1v) is 3.23. The molecule has 0 aromatic rings. The molecule has 1 fully saturated rings. The Morgan fingerprint density at radius 1 is 1.44 bits per heavy atom. The molecule has 1 saturated heterocycles. The molecule has 0 amide bonds. The van der Waals surface area contributed by atoms with E-state index in [2.05, 4.69) is 0 Å². The van der Waals surface area contributed by atoms with E-state index >= 15 is 0 Å². The molecule has 1 aliphatic heterocycles. The lowest BCUT2D eigenvalue weighted by Gasteiger charge is -2.21. The second-order valence-electron chi connectivity index (χ2n) is 2.08. The summed E-state index contributed by atoms with van der Waals surface area (Å²) in [7, 11) is 0. The van der Waals surface area contributed by atoms with Gasteiger partial charge in [-0.15, -0.1) is 0 Å². The number of rotatable bonds is 2. The van der Waals surface area contributed by atoms with Crippen LogP contribution in [0.5, 0.6) is 0 Å². The topological polar surface area (TPSA) is 38.7 Å². The summed E-state index contributed by atoms with van der Waals surface area (Å²) in [6.45, 7) is 2.20. The molecule has 0 unspecified atom stereocenters. The number of aliphatic hydroxyl groups excluding tert-OH is 1. The highest BCUT2D eigenvalue weighted by Crippen LogP contribution is 2.03. The molecule has 9 heavy (non-hydrogen) atoms. The molecule has 1 rings (SSSR count). The molecule has 54 valence electrons. The van der Waals surface area contributed by atoms with Crippen LogP contribution in [0.3, 0.4) is 0 Å². The SMILES string of the molecule is OCC[C@H]1COCCO1. The Kier molecular flexibility index (Phi) is 2.97. The van der Waals surface area contributed by atoms with Gasteiger partial charge in [0, 0.05) is 6.61 Å². The first-order valence-electron chi connectivity index (χ1n) is 3.23. The molecule has 1 N–H and O–H groups in total. The second kappa shape index (κ2) is 3.82. The second-order valence-corrected chi connectivity index (χ2v) is 2.08. The summed E-state index contributed by atoms with van der Waals surface area (Å²) in [5.41, 5.74) is 0. The fraction of sp³-hybridized carbons (Fsp3) is 1.00. The quantitative estimate of drug-likeness (QED) is 0.564. The van der Waals surface area contributed by atoms with E-state index in [4.69, 9.17) is 14.6 Å². The predicted octanol–water partition coefficient (Wildman–Crippen LogP) is -0.216. The third-order valence-electron chi connectivity index (χ3n) is 1.34. The molecule has 0 spiro atoms. The molecule has 1 atom stereocenters. The van der Waals surface area contributed by atoms with Crippen molar-refractivity contribution in [1.82, 2.24) is 0 Å². The van der Waals surface area contributed by atoms with E-state index in [-0.39, 0.29) is 12.7 Å². The molecule has 0 aromatic heterocycles. The van der Waals surface area contributed by atoms with Gasteiger partial charge in [0.25, 0.3) is 0 Å². The highest BCUT2D eigenvalue weighted by Gasteiger charge is 2.12. The molecular formula is C6H12O3. The van der Waals surface area contributed by atoms with Crippen molar-refractivity contribution >= 4 is 0 Å². The largest absolute Gasteiger partial charge is 0.396 e. The van der Waals surface area contributed by atoms with Crippen LogP contribution < -0.4 is 0 Å². The minimum atomic E-state index is 0.128. The summed E-state index contributed by atoms with van der Waals surface area (Å²) in [5.74, 6) is 0. The highest BCUT2D eigenvalue weighted by atomic mass is 16.6. The molecule has 0 bridgehead atoms. The van der Waals surface area contributed by atoms with E-state index in [1.807, 2.05) is 0 Å². The first kappa shape index (κ1) is 6.99. The van der Waals surface area contributed by atoms with Gasteiger partial charge in [-0.1, -0.05) is 0 Å². The summed E-state index contributed by atoms with van der Waals surface area (Å²) in [6, 6.07) is 0. The van der Waals surface area contributed by atoms with Crippen LogP contribution in [0.25, 0.3) is 0 Å². The van der Waals surface area contributed by atoms with Crippen LogP contribution in [0.15, 0.2) is 0 Å². The van der Waals surface area contributed by atoms with Gasteiger partial charge in [-0.2, -0.15) is 0 Å². The molecule has 1 heterocycles. The van der Waals surface area contributed by atoms with E-state index in [1.54, 1.807) is 0 Å². The van der Waals surface area contributed by atoms with Crippen LogP contribution in [0.2, 0.25) is 0 Å². The molecule has 3 nitrogen and oxygen atoms in total. The Labute approximate surface area is 54.6 Å². The minimum absolute atomic E-state index is 0.128. The third kappa shape index (κ3) is 2.30. The molecular weight excluding hydrogens is 120 g/mol. The molecule has 0 radical (unpaired) electrons. The Bertz CT molecular complexity index is 65.9. The van der Waals surface area contributed by atoms with Crippen molar-refractivity contribution in [2.75, 3.05) is 26.4 Å². The van der Waals surface area contributed by atoms with Crippen LogP contribution in [0.1, 0.15) is 6.42 Å². The average Bonchev–Trinajstić information content (AvgIpc) is 1.91. The maximum Gasteiger partial charge on any atom is 0.0831 e. The van der Waals surface area contributed by atoms with Crippen molar-refractivity contribution in [2.24, 2.45) is 0 Å². The standard InChI is InChI=1S/C6H12O3/c7-2-1-6-5-8-3-4-9-6/h6-7H,1-5H2/t6-/m0/s1. The fourth-order valence-electron chi connectivity index (χ4n) is 0.847. The van der Waals surface area contributed by atoms with Crippen molar-refractivity contribution in [3.05, 3.63) is 0 Å². The van der Waals surface area contributed by atoms with Gasteiger partial charge in [0.2, 0.25) is 0 Å². The van der Waals surface area contributed by atoms with Gasteiger partial charge in [-0.3, -0.25) is 0 Å². The van der Waals surface area contributed by atoms with E-state index in [1.165, 1.54) is 0 Å². The van der Waals surface area contributed by atoms with Crippen LogP contribution in [0, 0.1) is 0 Å². The van der Waals surface area contributed by atoms with Crippen molar-refractivity contribution in [3.8, 4) is 0 Å². The van der Waals surface area contributed by atoms with Crippen LogP contribution in [-0.2, 0) is 9.47 Å². The van der Waals surface area contributed by atoms with Crippen LogP contribution in [0.4, 0.5) is 0 Å². The van der Waals surface area contributed by atoms with Gasteiger partial charge in [-0.25, -0.2) is 0 Å². The number of hydrogen-bond donors (Lipinski definition) is 1. The lowest BCUT2D eigenvalue weighted by molar-refractivity contribution is -0.0943. The van der Waals surface area contributed by atoms with E-state index in [0.717, 1.165) is 0 Å². The van der Waals surface area contributed by atoms with Crippen LogP contribution in [-0.4, -0.2) is 37.6 Å². The summed E-state index contributed by atoms with van der Waals surface area (Å²) in [4.78, 5) is 0. The number of hydrogen-bond acceptors (Lipinski definition) is 3. The monoisotopic (exact) mass is 132 g/mol. The van der Waals surface area contributed by atoms with Gasteiger partial charge >= 0.3 is 0 Å². The summed E-state index contributed by atoms with van der Waals surface area (Å²) < 4.78 is 10.3. The Hall–Kier alpha value is -0.120. The zero-order valence-electron chi connectivity index (χ0n) is 5.38. The summed E-state index contributed by atoms with van der Waals surface area (Å²) in [5, 5.41) is 8.48. The smallest absolute Gasteiger partial charge is 0.0831 e. The lowest BCUT2D eigenvalue weighted by atomic mass is 10.3. The molecule has 1 aliphatic rings. The highest BCUT2D eigenvalue weighted by molar-refractivity contribution is 4.58. The predicted molar refractivity (Wildman–Crippen MR) is 32.3 cm³/mol. The zero-order valence-corrected chi connectivity index (χ0v) is 5.38. The van der Waals surface area contributed by atoms with Gasteiger partial charge < -0.3 is 14.6 Å². The first-order chi connectivity index (χ1) is 4.43. The minimum Gasteiger partial charge on any atom is -0.396 e. The van der Waals surface area contributed by atoms with Crippen LogP contribution >= 0.6 is 0 Å². The van der Waals surface area contributed by atoms with Crippen molar-refractivity contribution in [1.29, 1.82) is 0 Å². The van der Waals surface area contributed by atoms with Crippen molar-refractivity contribution in [2.45, 2.75) is 12.5 Å². The van der Waals surface area contributed by atoms with E-state index in [0.29, 0.717) is 26.2 Å². The Balaban J connectivity index is 2.08. The Morgan fingerprint density at radius 2 is 2.33 bits per heavy atom. The number of aliphatic hydroxyl groups is 1. The van der Waals surface area contributed by atoms with Gasteiger partial charge in [0.15, 0.2) is 0 Å². The average molecular weight is 132 g/mol. The van der Waals surface area contributed by atoms with E-state index < -0.39 is 0 Å². The molecule has 3 heteroatoms. The van der Waals surface area contributed by atoms with Crippen molar-refractivity contribution in [3.63, 3.8) is 0 Å². The molecule has 0 aliphatic carbocycles. The van der Waals surface area contributed by atoms with Gasteiger partial charge in [0.05, 0.1) is 25.9 Å². The summed E-state index contributed by atoms with van der Waals surface area (Å²) in [6.07, 6.45) is 0.823. The van der Waals surface area contributed by atoms with Gasteiger partial charge in [-0.05, 0) is 6.42 Å². The third-order valence-corrected chi connectivity index (χ3v) is 1.34. The van der Waals surface area contributed by atoms with E-state index in [9.17, 15) is 0 Å². The maximum atomic E-state index is 8.48. The van der Waals surface area contributed by atoms with Gasteiger partial charge in [0.1, 0.15) is 0 Å². The maximum absolute atomic E-state index is 8.48. The Morgan fingerprint density at radius 3 is 2.89 bits per heavy atom. The molecule has 0 saturated carbocycles. The molecule has 0 aromatic carbocycles. The lowest BCUT2D eigenvalue weighted by Crippen LogP contribution is -2.29. The summed E-state index contributed by atoms with van der Waals surface area (Å²) >= 11 is 0. The normalized spacial score (nSPS) is 28.3. The fourth-order valence-corrected chi connectivity index (χ4v) is 0.847. The zero-order chi connectivity index (χ0) is 6.53.